The van der Waals surface area contributed by atoms with Crippen LogP contribution in [0.2, 0.25) is 0 Å². The quantitative estimate of drug-likeness (QED) is 0.232. The van der Waals surface area contributed by atoms with E-state index in [2.05, 4.69) is 31.5 Å². The molecule has 3 aliphatic heterocycles. The van der Waals surface area contributed by atoms with Crippen molar-refractivity contribution in [2.45, 2.75) is 56.7 Å². The Morgan fingerprint density at radius 2 is 2.02 bits per heavy atom. The zero-order valence-electron chi connectivity index (χ0n) is 22.0. The number of rotatable bonds is 10. The fourth-order valence-corrected chi connectivity index (χ4v) is 7.09. The number of carbonyl (C=O) groups is 4. The van der Waals surface area contributed by atoms with Crippen molar-refractivity contribution in [3.8, 4) is 0 Å². The number of anilines is 1. The van der Waals surface area contributed by atoms with Gasteiger partial charge in [-0.25, -0.2) is 9.48 Å². The molecule has 1 aromatic carbocycles. The molecule has 40 heavy (non-hydrogen) atoms. The van der Waals surface area contributed by atoms with Gasteiger partial charge >= 0.3 is 5.97 Å². The smallest absolute Gasteiger partial charge is 0.353 e. The van der Waals surface area contributed by atoms with Crippen LogP contribution >= 0.6 is 11.8 Å². The van der Waals surface area contributed by atoms with E-state index in [1.807, 2.05) is 19.1 Å². The normalized spacial score (nSPS) is 26.3. The molecule has 15 heteroatoms. The zero-order chi connectivity index (χ0) is 28.6. The Morgan fingerprint density at radius 3 is 2.67 bits per heavy atom. The highest BCUT2D eigenvalue weighted by atomic mass is 32.2. The Balaban J connectivity index is 1.21. The van der Waals surface area contributed by atoms with Gasteiger partial charge in [0.05, 0.1) is 18.0 Å². The Bertz CT molecular complexity index is 1330. The highest BCUT2D eigenvalue weighted by molar-refractivity contribution is 8.03. The molecule has 6 N–H and O–H groups in total. The van der Waals surface area contributed by atoms with Crippen LogP contribution in [0.4, 0.5) is 5.69 Å². The number of hydrogen-bond donors (Lipinski definition) is 5. The van der Waals surface area contributed by atoms with Crippen LogP contribution in [0.15, 0.2) is 41.2 Å². The summed E-state index contributed by atoms with van der Waals surface area (Å²) in [6.45, 7) is 4.49. The fraction of sp³-hybridized carbons (Fsp3) is 0.480. The summed E-state index contributed by atoms with van der Waals surface area (Å²) >= 11 is 1.41. The number of aliphatic carboxylic acids is 1. The molecule has 2 fully saturated rings. The Labute approximate surface area is 234 Å². The topological polar surface area (TPSA) is 197 Å². The number of hydrogen-bond acceptors (Lipinski definition) is 10. The predicted molar refractivity (Wildman–Crippen MR) is 144 cm³/mol. The molecule has 0 spiro atoms. The number of carbonyl (C=O) groups excluding carboxylic acids is 3. The van der Waals surface area contributed by atoms with E-state index in [4.69, 9.17) is 5.73 Å². The van der Waals surface area contributed by atoms with E-state index in [9.17, 15) is 24.3 Å². The van der Waals surface area contributed by atoms with Crippen molar-refractivity contribution in [1.29, 1.82) is 0 Å². The molecular weight excluding hydrogens is 538 g/mol. The van der Waals surface area contributed by atoms with Crippen molar-refractivity contribution in [3.63, 3.8) is 0 Å². The molecule has 2 saturated heterocycles. The van der Waals surface area contributed by atoms with Crippen LogP contribution in [0, 0.1) is 11.8 Å². The number of carboxylic acid groups (broad SMARTS) is 1. The van der Waals surface area contributed by atoms with E-state index in [-0.39, 0.29) is 47.2 Å². The van der Waals surface area contributed by atoms with Crippen molar-refractivity contribution in [3.05, 3.63) is 46.8 Å². The number of amides is 3. The van der Waals surface area contributed by atoms with E-state index in [0.717, 1.165) is 5.56 Å². The molecule has 14 nitrogen and oxygen atoms in total. The molecule has 3 amide bonds. The number of nitrogens with one attached hydrogen (secondary N) is 3. The molecule has 1 aromatic heterocycles. The number of benzene rings is 1. The third-order valence-electron chi connectivity index (χ3n) is 7.57. The lowest BCUT2D eigenvalue weighted by Crippen LogP contribution is -2.66. The lowest BCUT2D eigenvalue weighted by Gasteiger charge is -2.47. The zero-order valence-corrected chi connectivity index (χ0v) is 22.8. The number of aromatic nitrogens is 4. The lowest BCUT2D eigenvalue weighted by molar-refractivity contribution is -0.158. The van der Waals surface area contributed by atoms with Crippen LogP contribution < -0.4 is 21.7 Å². The van der Waals surface area contributed by atoms with Gasteiger partial charge in [0.25, 0.3) is 0 Å². The first-order valence-electron chi connectivity index (χ1n) is 13.0. The van der Waals surface area contributed by atoms with Gasteiger partial charge in [-0.15, -0.1) is 16.9 Å². The third kappa shape index (κ3) is 5.31. The number of β-lactam (4-membered cyclic amide) rings is 1. The summed E-state index contributed by atoms with van der Waals surface area (Å²) in [5, 5.41) is 29.6. The monoisotopic (exact) mass is 569 g/mol. The van der Waals surface area contributed by atoms with Crippen LogP contribution in [-0.4, -0.2) is 83.8 Å². The van der Waals surface area contributed by atoms with Crippen LogP contribution in [0.25, 0.3) is 0 Å². The van der Waals surface area contributed by atoms with Gasteiger partial charge in [0.15, 0.2) is 0 Å². The van der Waals surface area contributed by atoms with E-state index in [1.54, 1.807) is 19.1 Å². The lowest BCUT2D eigenvalue weighted by atomic mass is 9.78. The number of carboxylic acids is 1. The Morgan fingerprint density at radius 1 is 1.27 bits per heavy atom. The van der Waals surface area contributed by atoms with E-state index in [0.29, 0.717) is 30.1 Å². The molecule has 6 atom stereocenters. The minimum absolute atomic E-state index is 0.0103. The first-order valence-corrected chi connectivity index (χ1v) is 13.9. The maximum atomic E-state index is 13.1. The number of fused-ring (bicyclic) bond motifs is 1. The van der Waals surface area contributed by atoms with Crippen molar-refractivity contribution in [2.24, 2.45) is 17.6 Å². The summed E-state index contributed by atoms with van der Waals surface area (Å²) < 4.78 is 1.27. The fourth-order valence-electron chi connectivity index (χ4n) is 5.61. The summed E-state index contributed by atoms with van der Waals surface area (Å²) in [7, 11) is 0. The van der Waals surface area contributed by atoms with E-state index in [1.165, 1.54) is 27.7 Å². The molecule has 0 bridgehead atoms. The highest BCUT2D eigenvalue weighted by Gasteiger charge is 2.60. The van der Waals surface area contributed by atoms with Crippen molar-refractivity contribution in [2.75, 3.05) is 11.9 Å². The van der Waals surface area contributed by atoms with Gasteiger partial charge in [-0.05, 0) is 41.5 Å². The third-order valence-corrected chi connectivity index (χ3v) is 9.09. The second-order valence-electron chi connectivity index (χ2n) is 10.2. The standard InChI is InChI=1S/C25H31N9O5S/c1-12-20-19(13(2)29-18(35)10-33-11-28-31-32-33)24(37)34(20)21(25(38)39)22(12)40-16-7-17(27-9-16)23(36)30-15-5-3-14(8-26)4-6-15/h3-6,11-13,16-17,19-20,27H,7-10,26H2,1-2H3,(H,29,35)(H,30,36)(H,38,39)/t12-,13?,16+,17+,19-,20-/m1/s1. The highest BCUT2D eigenvalue weighted by Crippen LogP contribution is 2.51. The molecule has 3 aliphatic rings. The summed E-state index contributed by atoms with van der Waals surface area (Å²) in [6, 6.07) is 6.00. The first-order chi connectivity index (χ1) is 19.2. The minimum atomic E-state index is -1.17. The summed E-state index contributed by atoms with van der Waals surface area (Å²) in [4.78, 5) is 52.7. The second-order valence-corrected chi connectivity index (χ2v) is 11.6. The van der Waals surface area contributed by atoms with Crippen LogP contribution in [0.1, 0.15) is 25.8 Å². The van der Waals surface area contributed by atoms with Gasteiger partial charge in [-0.3, -0.25) is 14.4 Å². The van der Waals surface area contributed by atoms with Gasteiger partial charge in [0.1, 0.15) is 18.6 Å². The molecule has 0 aliphatic carbocycles. The van der Waals surface area contributed by atoms with Gasteiger partial charge < -0.3 is 31.7 Å². The maximum Gasteiger partial charge on any atom is 0.353 e. The molecule has 212 valence electrons. The number of tetrazole rings is 1. The number of thioether (sulfide) groups is 1. The van der Waals surface area contributed by atoms with Crippen molar-refractivity contribution < 1.29 is 24.3 Å². The van der Waals surface area contributed by atoms with Crippen LogP contribution in [0.3, 0.4) is 0 Å². The van der Waals surface area contributed by atoms with Crippen molar-refractivity contribution >= 4 is 41.1 Å². The second kappa shape index (κ2) is 11.3. The Hall–Kier alpha value is -3.82. The molecule has 2 aromatic rings. The summed E-state index contributed by atoms with van der Waals surface area (Å²) in [6.07, 6.45) is 1.82. The average molecular weight is 570 g/mol. The molecule has 5 rings (SSSR count). The van der Waals surface area contributed by atoms with Crippen LogP contribution in [0.5, 0.6) is 0 Å². The SMILES string of the molecule is CC(NC(=O)Cn1cnnn1)[C@H]1C(=O)N2C(C(=O)O)=C(S[C@@H]3CN[C@H](C(=O)Nc4ccc(CN)cc4)C3)[C@H](C)[C@H]12. The van der Waals surface area contributed by atoms with Gasteiger partial charge in [0, 0.05) is 40.9 Å². The largest absolute Gasteiger partial charge is 0.477 e. The molecule has 0 radical (unpaired) electrons. The van der Waals surface area contributed by atoms with Gasteiger partial charge in [-0.2, -0.15) is 0 Å². The molecule has 0 saturated carbocycles. The minimum Gasteiger partial charge on any atom is -0.477 e. The molecular formula is C25H31N9O5S. The summed E-state index contributed by atoms with van der Waals surface area (Å²) in [5.74, 6) is -2.82. The molecule has 1 unspecified atom stereocenters. The summed E-state index contributed by atoms with van der Waals surface area (Å²) in [5.41, 5.74) is 7.26. The van der Waals surface area contributed by atoms with Crippen LogP contribution in [-0.2, 0) is 32.3 Å². The van der Waals surface area contributed by atoms with Crippen molar-refractivity contribution in [1.82, 2.24) is 35.7 Å². The average Bonchev–Trinajstić information content (AvgIpc) is 3.65. The number of nitrogens with two attached hydrogens (primary N) is 1. The number of nitrogens with zero attached hydrogens (tertiary/aromatic N) is 5. The van der Waals surface area contributed by atoms with E-state index >= 15 is 0 Å². The van der Waals surface area contributed by atoms with Gasteiger partial charge in [-0.1, -0.05) is 19.1 Å². The molecule has 4 heterocycles. The van der Waals surface area contributed by atoms with Gasteiger partial charge in [0.2, 0.25) is 17.7 Å². The van der Waals surface area contributed by atoms with E-state index < -0.39 is 24.0 Å². The first kappa shape index (κ1) is 27.7. The predicted octanol–water partition coefficient (Wildman–Crippen LogP) is -0.488. The maximum absolute atomic E-state index is 13.1. The Kier molecular flexibility index (Phi) is 7.87.